The molecule has 2 heterocycles. The maximum absolute atomic E-state index is 12.2. The van der Waals surface area contributed by atoms with Gasteiger partial charge in [-0.3, -0.25) is 4.79 Å². The monoisotopic (exact) mass is 257 g/mol. The number of aromatic nitrogens is 2. The van der Waals surface area contributed by atoms with Crippen LogP contribution >= 0.6 is 11.6 Å². The van der Waals surface area contributed by atoms with E-state index in [0.29, 0.717) is 10.8 Å². The van der Waals surface area contributed by atoms with Gasteiger partial charge in [-0.1, -0.05) is 11.6 Å². The van der Waals surface area contributed by atoms with Gasteiger partial charge in [0.25, 0.3) is 5.56 Å². The number of halogens is 1. The Balaban J connectivity index is 2.32. The molecule has 2 rings (SSSR count). The second-order valence-corrected chi connectivity index (χ2v) is 4.85. The Kier molecular flexibility index (Phi) is 3.40. The number of methoxy groups -OCH3 is 1. The van der Waals surface area contributed by atoms with Crippen molar-refractivity contribution in [3.63, 3.8) is 0 Å². The third kappa shape index (κ3) is 2.30. The van der Waals surface area contributed by atoms with Crippen LogP contribution in [0.3, 0.4) is 0 Å². The molecular formula is C11H16ClN3O2. The molecule has 1 fully saturated rings. The first-order valence-electron chi connectivity index (χ1n) is 5.60. The number of hydrogen-bond donors (Lipinski definition) is 0. The highest BCUT2D eigenvalue weighted by molar-refractivity contribution is 6.29. The van der Waals surface area contributed by atoms with E-state index in [1.807, 2.05) is 18.7 Å². The fraction of sp³-hybridized carbons (Fsp3) is 0.636. The smallest absolute Gasteiger partial charge is 0.290 e. The molecule has 0 unspecified atom stereocenters. The average Bonchev–Trinajstić information content (AvgIpc) is 2.20. The predicted octanol–water partition coefficient (Wildman–Crippen LogP) is 1.31. The van der Waals surface area contributed by atoms with Crippen molar-refractivity contribution in [2.75, 3.05) is 25.1 Å². The topological polar surface area (TPSA) is 47.4 Å². The lowest BCUT2D eigenvalue weighted by molar-refractivity contribution is 0.0785. The lowest BCUT2D eigenvalue weighted by Crippen LogP contribution is -2.54. The van der Waals surface area contributed by atoms with Gasteiger partial charge in [0.05, 0.1) is 12.1 Å². The molecule has 1 aromatic rings. The number of rotatable bonds is 3. The Morgan fingerprint density at radius 1 is 1.53 bits per heavy atom. The van der Waals surface area contributed by atoms with E-state index in [0.717, 1.165) is 13.1 Å². The lowest BCUT2D eigenvalue weighted by atomic mass is 10.1. The molecule has 0 radical (unpaired) electrons. The van der Waals surface area contributed by atoms with Crippen LogP contribution in [0.15, 0.2) is 10.9 Å². The SMILES string of the molecule is COC1CN(c2cc(Cl)nn(C(C)C)c2=O)C1. The molecule has 0 aromatic carbocycles. The summed E-state index contributed by atoms with van der Waals surface area (Å²) >= 11 is 5.93. The van der Waals surface area contributed by atoms with Crippen molar-refractivity contribution in [1.82, 2.24) is 9.78 Å². The van der Waals surface area contributed by atoms with Crippen LogP contribution in [0, 0.1) is 0 Å². The minimum Gasteiger partial charge on any atom is -0.378 e. The van der Waals surface area contributed by atoms with E-state index in [4.69, 9.17) is 16.3 Å². The van der Waals surface area contributed by atoms with E-state index in [-0.39, 0.29) is 17.7 Å². The van der Waals surface area contributed by atoms with Crippen molar-refractivity contribution in [3.8, 4) is 0 Å². The molecule has 0 aliphatic carbocycles. The van der Waals surface area contributed by atoms with E-state index in [1.54, 1.807) is 13.2 Å². The summed E-state index contributed by atoms with van der Waals surface area (Å²) in [5.74, 6) is 0. The Hall–Kier alpha value is -1.07. The quantitative estimate of drug-likeness (QED) is 0.819. The van der Waals surface area contributed by atoms with Crippen LogP contribution in [-0.2, 0) is 4.74 Å². The summed E-state index contributed by atoms with van der Waals surface area (Å²) in [6.45, 7) is 5.26. The molecule has 6 heteroatoms. The number of hydrogen-bond acceptors (Lipinski definition) is 4. The zero-order chi connectivity index (χ0) is 12.6. The van der Waals surface area contributed by atoms with Gasteiger partial charge < -0.3 is 9.64 Å². The standard InChI is InChI=1S/C11H16ClN3O2/c1-7(2)15-11(16)9(4-10(12)13-15)14-5-8(6-14)17-3/h4,7-8H,5-6H2,1-3H3. The van der Waals surface area contributed by atoms with E-state index < -0.39 is 0 Å². The first kappa shape index (κ1) is 12.4. The Morgan fingerprint density at radius 2 is 2.18 bits per heavy atom. The molecule has 0 spiro atoms. The van der Waals surface area contributed by atoms with E-state index >= 15 is 0 Å². The average molecular weight is 258 g/mol. The first-order valence-corrected chi connectivity index (χ1v) is 5.98. The predicted molar refractivity (Wildman–Crippen MR) is 66.9 cm³/mol. The summed E-state index contributed by atoms with van der Waals surface area (Å²) < 4.78 is 6.60. The number of ether oxygens (including phenoxy) is 1. The highest BCUT2D eigenvalue weighted by Crippen LogP contribution is 2.21. The van der Waals surface area contributed by atoms with Crippen LogP contribution in [0.25, 0.3) is 0 Å². The van der Waals surface area contributed by atoms with Crippen molar-refractivity contribution in [2.45, 2.75) is 26.0 Å². The van der Waals surface area contributed by atoms with Crippen LogP contribution in [0.5, 0.6) is 0 Å². The highest BCUT2D eigenvalue weighted by atomic mass is 35.5. The van der Waals surface area contributed by atoms with Crippen molar-refractivity contribution >= 4 is 17.3 Å². The maximum atomic E-state index is 12.2. The summed E-state index contributed by atoms with van der Waals surface area (Å²) in [5, 5.41) is 4.37. The molecule has 17 heavy (non-hydrogen) atoms. The molecule has 0 saturated carbocycles. The van der Waals surface area contributed by atoms with E-state index in [9.17, 15) is 4.79 Å². The zero-order valence-corrected chi connectivity index (χ0v) is 10.9. The summed E-state index contributed by atoms with van der Waals surface area (Å²) in [5.41, 5.74) is 0.506. The Bertz CT molecular complexity index is 466. The molecule has 1 aromatic heterocycles. The summed E-state index contributed by atoms with van der Waals surface area (Å²) in [7, 11) is 1.67. The summed E-state index contributed by atoms with van der Waals surface area (Å²) in [4.78, 5) is 14.1. The van der Waals surface area contributed by atoms with Gasteiger partial charge in [0.2, 0.25) is 0 Å². The summed E-state index contributed by atoms with van der Waals surface area (Å²) in [6, 6.07) is 1.62. The van der Waals surface area contributed by atoms with Crippen molar-refractivity contribution in [3.05, 3.63) is 21.6 Å². The molecule has 0 bridgehead atoms. The minimum atomic E-state index is -0.0982. The van der Waals surface area contributed by atoms with Crippen LogP contribution in [0.2, 0.25) is 5.15 Å². The Labute approximate surface area is 105 Å². The lowest BCUT2D eigenvalue weighted by Gasteiger charge is -2.39. The zero-order valence-electron chi connectivity index (χ0n) is 10.2. The van der Waals surface area contributed by atoms with Crippen LogP contribution in [-0.4, -0.2) is 36.1 Å². The fourth-order valence-electron chi connectivity index (χ4n) is 1.83. The van der Waals surface area contributed by atoms with Crippen LogP contribution in [0.1, 0.15) is 19.9 Å². The maximum Gasteiger partial charge on any atom is 0.290 e. The second kappa shape index (κ2) is 4.66. The van der Waals surface area contributed by atoms with Gasteiger partial charge in [0, 0.05) is 26.3 Å². The number of nitrogens with zero attached hydrogens (tertiary/aromatic N) is 3. The van der Waals surface area contributed by atoms with E-state index in [2.05, 4.69) is 5.10 Å². The van der Waals surface area contributed by atoms with Gasteiger partial charge >= 0.3 is 0 Å². The third-order valence-electron chi connectivity index (χ3n) is 2.90. The van der Waals surface area contributed by atoms with Gasteiger partial charge in [-0.25, -0.2) is 4.68 Å². The number of anilines is 1. The largest absolute Gasteiger partial charge is 0.378 e. The van der Waals surface area contributed by atoms with Crippen LogP contribution in [0.4, 0.5) is 5.69 Å². The molecule has 5 nitrogen and oxygen atoms in total. The fourth-order valence-corrected chi connectivity index (χ4v) is 2.01. The molecule has 0 atom stereocenters. The molecule has 1 saturated heterocycles. The molecular weight excluding hydrogens is 242 g/mol. The van der Waals surface area contributed by atoms with Gasteiger partial charge in [-0.2, -0.15) is 5.10 Å². The first-order chi connectivity index (χ1) is 8.02. The highest BCUT2D eigenvalue weighted by Gasteiger charge is 2.29. The van der Waals surface area contributed by atoms with Gasteiger partial charge in [-0.05, 0) is 13.8 Å². The third-order valence-corrected chi connectivity index (χ3v) is 3.08. The Morgan fingerprint density at radius 3 is 2.71 bits per heavy atom. The normalized spacial score (nSPS) is 16.4. The van der Waals surface area contributed by atoms with Gasteiger partial charge in [0.15, 0.2) is 5.15 Å². The molecule has 1 aliphatic heterocycles. The van der Waals surface area contributed by atoms with E-state index in [1.165, 1.54) is 4.68 Å². The second-order valence-electron chi connectivity index (χ2n) is 4.46. The molecule has 0 amide bonds. The van der Waals surface area contributed by atoms with Crippen molar-refractivity contribution < 1.29 is 4.74 Å². The van der Waals surface area contributed by atoms with Gasteiger partial charge in [-0.15, -0.1) is 0 Å². The van der Waals surface area contributed by atoms with Crippen molar-refractivity contribution in [1.29, 1.82) is 0 Å². The molecule has 94 valence electrons. The summed E-state index contributed by atoms with van der Waals surface area (Å²) in [6.07, 6.45) is 0.203. The van der Waals surface area contributed by atoms with Crippen LogP contribution < -0.4 is 10.5 Å². The van der Waals surface area contributed by atoms with Crippen molar-refractivity contribution in [2.24, 2.45) is 0 Å². The minimum absolute atomic E-state index is 0.000511. The molecule has 1 aliphatic rings. The van der Waals surface area contributed by atoms with Gasteiger partial charge in [0.1, 0.15) is 5.69 Å². The molecule has 0 N–H and O–H groups in total.